The Morgan fingerprint density at radius 1 is 1.32 bits per heavy atom. The normalized spacial score (nSPS) is 17.5. The highest BCUT2D eigenvalue weighted by Gasteiger charge is 2.33. The van der Waals surface area contributed by atoms with Gasteiger partial charge in [0.05, 0.1) is 11.6 Å². The van der Waals surface area contributed by atoms with Crippen molar-refractivity contribution in [3.8, 4) is 6.07 Å². The average molecular weight is 337 g/mol. The summed E-state index contributed by atoms with van der Waals surface area (Å²) in [5.41, 5.74) is 2.20. The summed E-state index contributed by atoms with van der Waals surface area (Å²) < 4.78 is 1.63. The van der Waals surface area contributed by atoms with Gasteiger partial charge in [0.15, 0.2) is 0 Å². The largest absolute Gasteiger partial charge is 0.327 e. The number of anilines is 1. The molecular weight excluding hydrogens is 318 g/mol. The molecule has 1 saturated heterocycles. The van der Waals surface area contributed by atoms with Crippen molar-refractivity contribution >= 4 is 17.5 Å². The fraction of sp³-hybridized carbons (Fsp3) is 0.333. The lowest BCUT2D eigenvalue weighted by Crippen LogP contribution is -2.57. The number of piperazine rings is 1. The molecule has 7 heteroatoms. The standard InChI is InChI=1S/C18H19N5O2/c1-13-7-8-20-23(13)12-18(25)21-11-17(24)22(10-14(21)2)16-5-3-15(9-19)4-6-16/h3-8,14H,10-12H2,1-2H3. The van der Waals surface area contributed by atoms with Crippen molar-refractivity contribution in [2.75, 3.05) is 18.0 Å². The maximum absolute atomic E-state index is 12.6. The monoisotopic (exact) mass is 337 g/mol. The van der Waals surface area contributed by atoms with Crippen molar-refractivity contribution in [1.29, 1.82) is 5.26 Å². The number of nitrogens with zero attached hydrogens (tertiary/aromatic N) is 5. The molecule has 1 fully saturated rings. The predicted molar refractivity (Wildman–Crippen MR) is 91.6 cm³/mol. The van der Waals surface area contributed by atoms with Gasteiger partial charge in [0.1, 0.15) is 13.1 Å². The van der Waals surface area contributed by atoms with Gasteiger partial charge in [0.25, 0.3) is 0 Å². The first-order valence-corrected chi connectivity index (χ1v) is 8.08. The van der Waals surface area contributed by atoms with E-state index in [9.17, 15) is 9.59 Å². The molecule has 2 aromatic rings. The molecule has 1 aliphatic heterocycles. The van der Waals surface area contributed by atoms with Gasteiger partial charge < -0.3 is 9.80 Å². The fourth-order valence-corrected chi connectivity index (χ4v) is 2.93. The molecule has 0 bridgehead atoms. The molecule has 0 spiro atoms. The fourth-order valence-electron chi connectivity index (χ4n) is 2.93. The van der Waals surface area contributed by atoms with Crippen molar-refractivity contribution in [2.45, 2.75) is 26.4 Å². The van der Waals surface area contributed by atoms with E-state index in [0.29, 0.717) is 12.1 Å². The third-order valence-electron chi connectivity index (χ3n) is 4.43. The minimum absolute atomic E-state index is 0.0420. The lowest BCUT2D eigenvalue weighted by atomic mass is 10.1. The minimum atomic E-state index is -0.131. The first kappa shape index (κ1) is 16.7. The van der Waals surface area contributed by atoms with Gasteiger partial charge in [-0.2, -0.15) is 10.4 Å². The van der Waals surface area contributed by atoms with Crippen LogP contribution in [0, 0.1) is 18.3 Å². The second-order valence-electron chi connectivity index (χ2n) is 6.16. The molecule has 3 rings (SSSR count). The first-order chi connectivity index (χ1) is 12.0. The van der Waals surface area contributed by atoms with E-state index in [-0.39, 0.29) is 30.9 Å². The third-order valence-corrected chi connectivity index (χ3v) is 4.43. The highest BCUT2D eigenvalue weighted by atomic mass is 16.2. The van der Waals surface area contributed by atoms with Crippen LogP contribution in [0.2, 0.25) is 0 Å². The zero-order valence-electron chi connectivity index (χ0n) is 14.2. The number of carbonyl (C=O) groups is 2. The average Bonchev–Trinajstić information content (AvgIpc) is 3.01. The van der Waals surface area contributed by atoms with Crippen molar-refractivity contribution in [3.05, 3.63) is 47.8 Å². The Kier molecular flexibility index (Phi) is 4.52. The van der Waals surface area contributed by atoms with E-state index in [4.69, 9.17) is 5.26 Å². The van der Waals surface area contributed by atoms with Gasteiger partial charge in [-0.25, -0.2) is 0 Å². The molecule has 1 aromatic carbocycles. The highest BCUT2D eigenvalue weighted by Crippen LogP contribution is 2.21. The number of nitriles is 1. The van der Waals surface area contributed by atoms with Crippen molar-refractivity contribution in [1.82, 2.24) is 14.7 Å². The lowest BCUT2D eigenvalue weighted by Gasteiger charge is -2.39. The van der Waals surface area contributed by atoms with Crippen molar-refractivity contribution < 1.29 is 9.59 Å². The Hall–Kier alpha value is -3.14. The van der Waals surface area contributed by atoms with Crippen LogP contribution in [-0.4, -0.2) is 45.6 Å². The topological polar surface area (TPSA) is 82.2 Å². The lowest BCUT2D eigenvalue weighted by molar-refractivity contribution is -0.140. The zero-order valence-corrected chi connectivity index (χ0v) is 14.2. The summed E-state index contributed by atoms with van der Waals surface area (Å²) in [7, 11) is 0. The van der Waals surface area contributed by atoms with Crippen LogP contribution in [0.25, 0.3) is 0 Å². The highest BCUT2D eigenvalue weighted by molar-refractivity contribution is 5.98. The van der Waals surface area contributed by atoms with Crippen molar-refractivity contribution in [2.24, 2.45) is 0 Å². The van der Waals surface area contributed by atoms with E-state index in [0.717, 1.165) is 11.4 Å². The van der Waals surface area contributed by atoms with E-state index in [1.54, 1.807) is 44.9 Å². The van der Waals surface area contributed by atoms with E-state index in [1.807, 2.05) is 19.9 Å². The summed E-state index contributed by atoms with van der Waals surface area (Å²) in [6, 6.07) is 10.7. The molecule has 1 atom stereocenters. The number of carbonyl (C=O) groups excluding carboxylic acids is 2. The molecule has 7 nitrogen and oxygen atoms in total. The van der Waals surface area contributed by atoms with Crippen LogP contribution in [0.1, 0.15) is 18.2 Å². The predicted octanol–water partition coefficient (Wildman–Crippen LogP) is 1.33. The molecule has 0 radical (unpaired) electrons. The summed E-state index contributed by atoms with van der Waals surface area (Å²) in [6.07, 6.45) is 1.65. The quantitative estimate of drug-likeness (QED) is 0.846. The van der Waals surface area contributed by atoms with Gasteiger partial charge in [0, 0.05) is 30.2 Å². The van der Waals surface area contributed by atoms with Crippen LogP contribution in [-0.2, 0) is 16.1 Å². The Bertz CT molecular complexity index is 834. The first-order valence-electron chi connectivity index (χ1n) is 8.08. The SMILES string of the molecule is Cc1ccnn1CC(=O)N1CC(=O)N(c2ccc(C#N)cc2)CC1C. The van der Waals surface area contributed by atoms with Crippen LogP contribution in [0.5, 0.6) is 0 Å². The number of rotatable bonds is 3. The zero-order chi connectivity index (χ0) is 18.0. The molecular formula is C18H19N5O2. The summed E-state index contributed by atoms with van der Waals surface area (Å²) in [5.74, 6) is -0.250. The van der Waals surface area contributed by atoms with E-state index >= 15 is 0 Å². The van der Waals surface area contributed by atoms with E-state index in [2.05, 4.69) is 11.2 Å². The maximum Gasteiger partial charge on any atom is 0.246 e. The molecule has 25 heavy (non-hydrogen) atoms. The summed E-state index contributed by atoms with van der Waals surface area (Å²) in [5, 5.41) is 13.0. The van der Waals surface area contributed by atoms with Crippen molar-refractivity contribution in [3.63, 3.8) is 0 Å². The number of amides is 2. The Balaban J connectivity index is 1.71. The molecule has 2 heterocycles. The number of hydrogen-bond acceptors (Lipinski definition) is 4. The summed E-state index contributed by atoms with van der Waals surface area (Å²) in [6.45, 7) is 4.41. The molecule has 1 aliphatic rings. The van der Waals surface area contributed by atoms with Crippen LogP contribution >= 0.6 is 0 Å². The van der Waals surface area contributed by atoms with Gasteiger partial charge in [-0.15, -0.1) is 0 Å². The van der Waals surface area contributed by atoms with Gasteiger partial charge in [0.2, 0.25) is 11.8 Å². The smallest absolute Gasteiger partial charge is 0.246 e. The summed E-state index contributed by atoms with van der Waals surface area (Å²) in [4.78, 5) is 28.3. The van der Waals surface area contributed by atoms with Gasteiger partial charge in [-0.3, -0.25) is 14.3 Å². The second kappa shape index (κ2) is 6.77. The van der Waals surface area contributed by atoms with Gasteiger partial charge >= 0.3 is 0 Å². The summed E-state index contributed by atoms with van der Waals surface area (Å²) >= 11 is 0. The molecule has 128 valence electrons. The molecule has 0 N–H and O–H groups in total. The number of benzene rings is 1. The van der Waals surface area contributed by atoms with E-state index in [1.165, 1.54) is 0 Å². The molecule has 2 amide bonds. The van der Waals surface area contributed by atoms with Crippen LogP contribution in [0.3, 0.4) is 0 Å². The maximum atomic E-state index is 12.6. The number of hydrogen-bond donors (Lipinski definition) is 0. The van der Waals surface area contributed by atoms with Crippen LogP contribution < -0.4 is 4.90 Å². The second-order valence-corrected chi connectivity index (χ2v) is 6.16. The van der Waals surface area contributed by atoms with Gasteiger partial charge in [-0.1, -0.05) is 0 Å². The Morgan fingerprint density at radius 3 is 2.64 bits per heavy atom. The number of aromatic nitrogens is 2. The Labute approximate surface area is 146 Å². The van der Waals surface area contributed by atoms with Crippen LogP contribution in [0.4, 0.5) is 5.69 Å². The third kappa shape index (κ3) is 3.38. The number of aryl methyl sites for hydroxylation is 1. The van der Waals surface area contributed by atoms with Crippen LogP contribution in [0.15, 0.2) is 36.5 Å². The molecule has 1 unspecified atom stereocenters. The van der Waals surface area contributed by atoms with E-state index < -0.39 is 0 Å². The Morgan fingerprint density at radius 2 is 2.04 bits per heavy atom. The minimum Gasteiger partial charge on any atom is -0.327 e. The van der Waals surface area contributed by atoms with Gasteiger partial charge in [-0.05, 0) is 44.2 Å². The molecule has 0 aliphatic carbocycles. The molecule has 1 aromatic heterocycles. The molecule has 0 saturated carbocycles.